The minimum atomic E-state index is -0.224. The highest BCUT2D eigenvalue weighted by Gasteiger charge is 2.15. The van der Waals surface area contributed by atoms with E-state index in [0.717, 1.165) is 9.88 Å². The molecule has 0 saturated heterocycles. The smallest absolute Gasteiger partial charge is 0.271 e. The fourth-order valence-electron chi connectivity index (χ4n) is 1.30. The first-order valence-electron chi connectivity index (χ1n) is 5.00. The lowest BCUT2D eigenvalue weighted by molar-refractivity contribution is 0.0935. The molecule has 90 valence electrons. The molecule has 17 heavy (non-hydrogen) atoms. The Hall–Kier alpha value is -1.47. The van der Waals surface area contributed by atoms with Crippen LogP contribution in [-0.4, -0.2) is 15.9 Å². The summed E-state index contributed by atoms with van der Waals surface area (Å²) >= 11 is 2.82. The Morgan fingerprint density at radius 1 is 1.59 bits per heavy atom. The lowest BCUT2D eigenvalue weighted by atomic mass is 10.3. The molecule has 2 heterocycles. The van der Waals surface area contributed by atoms with Crippen LogP contribution in [0.2, 0.25) is 0 Å². The summed E-state index contributed by atoms with van der Waals surface area (Å²) in [6.45, 7) is 3.88. The number of carbonyl (C=O) groups is 1. The number of thiazole rings is 2. The maximum absolute atomic E-state index is 11.8. The van der Waals surface area contributed by atoms with Gasteiger partial charge in [-0.15, -0.1) is 22.7 Å². The zero-order valence-corrected chi connectivity index (χ0v) is 11.1. The number of nitrogens with two attached hydrogens (primary N) is 1. The number of nitrogen functional groups attached to an aromatic ring is 1. The Morgan fingerprint density at radius 2 is 2.35 bits per heavy atom. The molecule has 2 aromatic rings. The number of nitrogens with zero attached hydrogens (tertiary/aromatic N) is 2. The molecule has 5 nitrogen and oxygen atoms in total. The second kappa shape index (κ2) is 4.80. The van der Waals surface area contributed by atoms with Crippen LogP contribution in [-0.2, 0) is 0 Å². The monoisotopic (exact) mass is 268 g/mol. The Kier molecular flexibility index (Phi) is 3.39. The first kappa shape index (κ1) is 12.0. The van der Waals surface area contributed by atoms with Crippen molar-refractivity contribution in [1.29, 1.82) is 0 Å². The van der Waals surface area contributed by atoms with Gasteiger partial charge in [-0.05, 0) is 13.8 Å². The summed E-state index contributed by atoms with van der Waals surface area (Å²) in [5.41, 5.74) is 5.83. The average Bonchev–Trinajstić information content (AvgIpc) is 2.87. The molecule has 0 radical (unpaired) electrons. The molecular formula is C10H12N4OS2. The third-order valence-corrected chi connectivity index (χ3v) is 3.88. The second-order valence-electron chi connectivity index (χ2n) is 3.58. The number of amides is 1. The summed E-state index contributed by atoms with van der Waals surface area (Å²) in [7, 11) is 0. The van der Waals surface area contributed by atoms with Crippen LogP contribution in [0.15, 0.2) is 11.6 Å². The van der Waals surface area contributed by atoms with E-state index in [4.69, 9.17) is 5.73 Å². The number of nitrogens with one attached hydrogen (secondary N) is 1. The zero-order valence-electron chi connectivity index (χ0n) is 9.43. The lowest BCUT2D eigenvalue weighted by Crippen LogP contribution is -2.26. The molecule has 0 fully saturated rings. The topological polar surface area (TPSA) is 80.9 Å². The summed E-state index contributed by atoms with van der Waals surface area (Å²) in [5.74, 6) is -0.224. The highest BCUT2D eigenvalue weighted by atomic mass is 32.1. The van der Waals surface area contributed by atoms with E-state index in [0.29, 0.717) is 10.8 Å². The van der Waals surface area contributed by atoms with Gasteiger partial charge in [0.15, 0.2) is 5.13 Å². The highest BCUT2D eigenvalue weighted by molar-refractivity contribution is 7.13. The van der Waals surface area contributed by atoms with E-state index in [2.05, 4.69) is 15.3 Å². The van der Waals surface area contributed by atoms with Crippen molar-refractivity contribution in [2.45, 2.75) is 19.9 Å². The predicted octanol–water partition coefficient (Wildman–Crippen LogP) is 1.98. The number of anilines is 1. The summed E-state index contributed by atoms with van der Waals surface area (Å²) in [4.78, 5) is 21.1. The molecule has 2 aromatic heterocycles. The van der Waals surface area contributed by atoms with E-state index in [9.17, 15) is 4.79 Å². The normalized spacial score (nSPS) is 12.4. The first-order chi connectivity index (χ1) is 8.06. The van der Waals surface area contributed by atoms with Gasteiger partial charge in [0.1, 0.15) is 10.7 Å². The molecule has 0 aliphatic rings. The van der Waals surface area contributed by atoms with E-state index in [1.54, 1.807) is 22.9 Å². The maximum atomic E-state index is 11.8. The Bertz CT molecular complexity index is 534. The minimum absolute atomic E-state index is 0.121. The van der Waals surface area contributed by atoms with Gasteiger partial charge in [0.05, 0.1) is 6.04 Å². The molecule has 0 saturated carbocycles. The van der Waals surface area contributed by atoms with E-state index in [1.165, 1.54) is 11.3 Å². The van der Waals surface area contributed by atoms with Crippen molar-refractivity contribution in [1.82, 2.24) is 15.3 Å². The van der Waals surface area contributed by atoms with Gasteiger partial charge in [0, 0.05) is 16.5 Å². The van der Waals surface area contributed by atoms with Gasteiger partial charge in [-0.1, -0.05) is 0 Å². The summed E-state index contributed by atoms with van der Waals surface area (Å²) in [5, 5.41) is 5.76. The largest absolute Gasteiger partial charge is 0.375 e. The first-order valence-corrected chi connectivity index (χ1v) is 6.70. The quantitative estimate of drug-likeness (QED) is 0.892. The molecular weight excluding hydrogens is 256 g/mol. The van der Waals surface area contributed by atoms with E-state index >= 15 is 0 Å². The number of aryl methyl sites for hydroxylation is 1. The third kappa shape index (κ3) is 2.80. The Labute approximate surface area is 107 Å². The average molecular weight is 268 g/mol. The fraction of sp³-hybridized carbons (Fsp3) is 0.300. The standard InChI is InChI=1S/C10H12N4OS2/c1-5-3-12-9(17-5)6(2)13-8(15)7-4-16-10(11)14-7/h3-4,6H,1-2H3,(H2,11,14)(H,13,15). The predicted molar refractivity (Wildman–Crippen MR) is 69.3 cm³/mol. The van der Waals surface area contributed by atoms with Crippen molar-refractivity contribution in [3.8, 4) is 0 Å². The fourth-order valence-corrected chi connectivity index (χ4v) is 2.62. The van der Waals surface area contributed by atoms with Gasteiger partial charge < -0.3 is 11.1 Å². The number of rotatable bonds is 3. The third-order valence-electron chi connectivity index (χ3n) is 2.11. The molecule has 0 spiro atoms. The van der Waals surface area contributed by atoms with Crippen molar-refractivity contribution in [2.75, 3.05) is 5.73 Å². The van der Waals surface area contributed by atoms with Gasteiger partial charge >= 0.3 is 0 Å². The molecule has 0 aliphatic carbocycles. The van der Waals surface area contributed by atoms with Crippen LogP contribution in [0.4, 0.5) is 5.13 Å². The van der Waals surface area contributed by atoms with Gasteiger partial charge in [-0.25, -0.2) is 9.97 Å². The second-order valence-corrected chi connectivity index (χ2v) is 5.73. The maximum Gasteiger partial charge on any atom is 0.271 e. The van der Waals surface area contributed by atoms with Gasteiger partial charge in [0.25, 0.3) is 5.91 Å². The number of carbonyl (C=O) groups excluding carboxylic acids is 1. The van der Waals surface area contributed by atoms with Crippen molar-refractivity contribution < 1.29 is 4.79 Å². The number of hydrogen-bond donors (Lipinski definition) is 2. The van der Waals surface area contributed by atoms with E-state index < -0.39 is 0 Å². The Balaban J connectivity index is 2.04. The molecule has 1 atom stereocenters. The van der Waals surface area contributed by atoms with Crippen LogP contribution in [0, 0.1) is 6.92 Å². The molecule has 7 heteroatoms. The molecule has 2 rings (SSSR count). The van der Waals surface area contributed by atoms with Crippen LogP contribution in [0.1, 0.15) is 33.3 Å². The number of aromatic nitrogens is 2. The zero-order chi connectivity index (χ0) is 12.4. The van der Waals surface area contributed by atoms with Crippen LogP contribution in [0.3, 0.4) is 0 Å². The van der Waals surface area contributed by atoms with Gasteiger partial charge in [-0.3, -0.25) is 4.79 Å². The van der Waals surface area contributed by atoms with Crippen LogP contribution in [0.25, 0.3) is 0 Å². The summed E-state index contributed by atoms with van der Waals surface area (Å²) in [6.07, 6.45) is 1.80. The Morgan fingerprint density at radius 3 is 2.88 bits per heavy atom. The van der Waals surface area contributed by atoms with Crippen molar-refractivity contribution in [3.05, 3.63) is 27.2 Å². The van der Waals surface area contributed by atoms with Gasteiger partial charge in [-0.2, -0.15) is 0 Å². The molecule has 3 N–H and O–H groups in total. The summed E-state index contributed by atoms with van der Waals surface area (Å²) in [6, 6.07) is -0.121. The molecule has 0 aromatic carbocycles. The SMILES string of the molecule is Cc1cnc(C(C)NC(=O)c2csc(N)n2)s1. The summed E-state index contributed by atoms with van der Waals surface area (Å²) < 4.78 is 0. The van der Waals surface area contributed by atoms with Crippen molar-refractivity contribution >= 4 is 33.7 Å². The van der Waals surface area contributed by atoms with E-state index in [1.807, 2.05) is 13.8 Å². The molecule has 1 amide bonds. The van der Waals surface area contributed by atoms with E-state index in [-0.39, 0.29) is 11.9 Å². The lowest BCUT2D eigenvalue weighted by Gasteiger charge is -2.09. The van der Waals surface area contributed by atoms with Crippen LogP contribution in [0.5, 0.6) is 0 Å². The van der Waals surface area contributed by atoms with Crippen molar-refractivity contribution in [3.63, 3.8) is 0 Å². The van der Waals surface area contributed by atoms with Crippen molar-refractivity contribution in [2.24, 2.45) is 0 Å². The highest BCUT2D eigenvalue weighted by Crippen LogP contribution is 2.19. The van der Waals surface area contributed by atoms with Gasteiger partial charge in [0.2, 0.25) is 0 Å². The molecule has 0 bridgehead atoms. The molecule has 0 aliphatic heterocycles. The molecule has 1 unspecified atom stereocenters. The minimum Gasteiger partial charge on any atom is -0.375 e. The van der Waals surface area contributed by atoms with Crippen LogP contribution < -0.4 is 11.1 Å². The van der Waals surface area contributed by atoms with Crippen LogP contribution >= 0.6 is 22.7 Å². The number of hydrogen-bond acceptors (Lipinski definition) is 6.